The van der Waals surface area contributed by atoms with Gasteiger partial charge in [0.2, 0.25) is 17.8 Å². The van der Waals surface area contributed by atoms with Crippen LogP contribution in [-0.4, -0.2) is 41.5 Å². The largest absolute Gasteiger partial charge is 0.381 e. The maximum atomic E-state index is 13.0. The summed E-state index contributed by atoms with van der Waals surface area (Å²) < 4.78 is 5.31. The number of ether oxygens (including phenoxy) is 1. The fourth-order valence-corrected chi connectivity index (χ4v) is 4.64. The first-order valence-corrected chi connectivity index (χ1v) is 11.4. The van der Waals surface area contributed by atoms with Crippen molar-refractivity contribution in [1.29, 1.82) is 5.26 Å². The number of anilines is 4. The van der Waals surface area contributed by atoms with Crippen LogP contribution in [0.2, 0.25) is 0 Å². The van der Waals surface area contributed by atoms with E-state index < -0.39 is 5.41 Å². The summed E-state index contributed by atoms with van der Waals surface area (Å²) in [5, 5.41) is 15.8. The van der Waals surface area contributed by atoms with Crippen LogP contribution in [0.25, 0.3) is 0 Å². The first kappa shape index (κ1) is 21.3. The number of nitrogens with zero attached hydrogens (tertiary/aromatic N) is 4. The summed E-state index contributed by atoms with van der Waals surface area (Å²) in [6.07, 6.45) is 5.51. The van der Waals surface area contributed by atoms with E-state index in [9.17, 15) is 14.9 Å². The molecule has 3 fully saturated rings. The zero-order chi connectivity index (χ0) is 22.8. The third-order valence-corrected chi connectivity index (χ3v) is 6.75. The third-order valence-electron chi connectivity index (χ3n) is 6.75. The number of benzene rings is 1. The van der Waals surface area contributed by atoms with Gasteiger partial charge in [0.05, 0.1) is 6.07 Å². The van der Waals surface area contributed by atoms with Crippen LogP contribution in [0.3, 0.4) is 0 Å². The van der Waals surface area contributed by atoms with Crippen LogP contribution in [-0.2, 0) is 14.3 Å². The molecule has 0 radical (unpaired) electrons. The molecule has 33 heavy (non-hydrogen) atoms. The van der Waals surface area contributed by atoms with Crippen molar-refractivity contribution in [2.45, 2.75) is 32.1 Å². The normalized spacial score (nSPS) is 23.2. The average Bonchev–Trinajstić information content (AvgIpc) is 3.65. The lowest BCUT2D eigenvalue weighted by atomic mass is 9.83. The van der Waals surface area contributed by atoms with E-state index in [1.807, 2.05) is 24.3 Å². The van der Waals surface area contributed by atoms with Gasteiger partial charge in [-0.3, -0.25) is 14.5 Å². The Morgan fingerprint density at radius 1 is 1.12 bits per heavy atom. The van der Waals surface area contributed by atoms with Crippen LogP contribution >= 0.6 is 0 Å². The molecule has 0 bridgehead atoms. The predicted octanol–water partition coefficient (Wildman–Crippen LogP) is 3.24. The molecule has 2 amide bonds. The average molecular weight is 447 g/mol. The van der Waals surface area contributed by atoms with Gasteiger partial charge in [-0.15, -0.1) is 0 Å². The molecule has 2 aliphatic heterocycles. The zero-order valence-corrected chi connectivity index (χ0v) is 18.3. The molecule has 2 aromatic rings. The van der Waals surface area contributed by atoms with E-state index in [-0.39, 0.29) is 23.7 Å². The lowest BCUT2D eigenvalue weighted by Gasteiger charge is -2.21. The second kappa shape index (κ2) is 8.79. The zero-order valence-electron chi connectivity index (χ0n) is 18.3. The minimum Gasteiger partial charge on any atom is -0.381 e. The van der Waals surface area contributed by atoms with Gasteiger partial charge in [-0.25, -0.2) is 4.98 Å². The van der Waals surface area contributed by atoms with Gasteiger partial charge in [0.25, 0.3) is 0 Å². The Bertz CT molecular complexity index is 1090. The molecule has 5 rings (SSSR count). The summed E-state index contributed by atoms with van der Waals surface area (Å²) in [4.78, 5) is 35.8. The van der Waals surface area contributed by atoms with Crippen LogP contribution in [0, 0.1) is 28.6 Å². The number of carbonyl (C=O) groups excluding carboxylic acids is 2. The second-order valence-electron chi connectivity index (χ2n) is 8.88. The molecule has 2 saturated heterocycles. The standard InChI is InChI=1S/C24H26N6O3/c25-15-24(17-1-2-17)10-12-30(22(24)32)20-7-11-26-23(29-20)28-19-5-3-18(4-6-19)27-21(31)16-8-13-33-14-9-16/h3-7,11,16-17H,1-2,8-10,12-14H2,(H,27,31)(H,26,28,29)/t24-/m1/s1. The van der Waals surface area contributed by atoms with Crippen molar-refractivity contribution in [3.05, 3.63) is 36.5 Å². The first-order chi connectivity index (χ1) is 16.1. The third kappa shape index (κ3) is 4.26. The van der Waals surface area contributed by atoms with Gasteiger partial charge in [-0.2, -0.15) is 10.2 Å². The lowest BCUT2D eigenvalue weighted by molar-refractivity contribution is -0.124. The molecule has 3 aliphatic rings. The van der Waals surface area contributed by atoms with E-state index >= 15 is 0 Å². The summed E-state index contributed by atoms with van der Waals surface area (Å²) in [6.45, 7) is 1.74. The lowest BCUT2D eigenvalue weighted by Crippen LogP contribution is -2.35. The fourth-order valence-electron chi connectivity index (χ4n) is 4.64. The molecule has 9 heteroatoms. The van der Waals surface area contributed by atoms with Crippen molar-refractivity contribution in [2.24, 2.45) is 17.3 Å². The van der Waals surface area contributed by atoms with E-state index in [4.69, 9.17) is 4.74 Å². The highest BCUT2D eigenvalue weighted by Crippen LogP contribution is 2.51. The molecule has 1 aliphatic carbocycles. The molecular formula is C24H26N6O3. The second-order valence-corrected chi connectivity index (χ2v) is 8.88. The van der Waals surface area contributed by atoms with Crippen molar-refractivity contribution in [3.63, 3.8) is 0 Å². The number of hydrogen-bond acceptors (Lipinski definition) is 7. The van der Waals surface area contributed by atoms with Gasteiger partial charge in [0.15, 0.2) is 0 Å². The molecule has 9 nitrogen and oxygen atoms in total. The molecule has 1 atom stereocenters. The van der Waals surface area contributed by atoms with E-state index in [2.05, 4.69) is 26.7 Å². The fraction of sp³-hybridized carbons (Fsp3) is 0.458. The molecule has 0 spiro atoms. The van der Waals surface area contributed by atoms with Gasteiger partial charge in [-0.1, -0.05) is 0 Å². The van der Waals surface area contributed by atoms with Gasteiger partial charge < -0.3 is 15.4 Å². The quantitative estimate of drug-likeness (QED) is 0.699. The minimum absolute atomic E-state index is 0.0133. The summed E-state index contributed by atoms with van der Waals surface area (Å²) in [5.74, 6) is 0.882. The van der Waals surface area contributed by atoms with E-state index in [1.54, 1.807) is 17.2 Å². The molecule has 3 heterocycles. The molecule has 1 aromatic carbocycles. The number of nitrogens with one attached hydrogen (secondary N) is 2. The number of hydrogen-bond donors (Lipinski definition) is 2. The summed E-state index contributed by atoms with van der Waals surface area (Å²) in [6, 6.07) is 11.3. The number of nitriles is 1. The van der Waals surface area contributed by atoms with Crippen LogP contribution in [0.15, 0.2) is 36.5 Å². The maximum absolute atomic E-state index is 13.0. The highest BCUT2D eigenvalue weighted by Gasteiger charge is 2.57. The van der Waals surface area contributed by atoms with Gasteiger partial charge in [0, 0.05) is 43.2 Å². The number of carbonyl (C=O) groups is 2. The van der Waals surface area contributed by atoms with Crippen LogP contribution in [0.5, 0.6) is 0 Å². The number of aromatic nitrogens is 2. The summed E-state index contributed by atoms with van der Waals surface area (Å²) in [7, 11) is 0. The van der Waals surface area contributed by atoms with E-state index in [0.717, 1.165) is 37.1 Å². The van der Waals surface area contributed by atoms with Crippen molar-refractivity contribution >= 4 is 35.0 Å². The summed E-state index contributed by atoms with van der Waals surface area (Å²) in [5.41, 5.74) is 0.583. The van der Waals surface area contributed by atoms with Gasteiger partial charge >= 0.3 is 0 Å². The Labute approximate surface area is 192 Å². The predicted molar refractivity (Wildman–Crippen MR) is 122 cm³/mol. The Hall–Kier alpha value is -3.51. The number of amides is 2. The van der Waals surface area contributed by atoms with Crippen molar-refractivity contribution in [2.75, 3.05) is 35.3 Å². The Morgan fingerprint density at radius 3 is 2.55 bits per heavy atom. The molecular weight excluding hydrogens is 420 g/mol. The molecule has 2 N–H and O–H groups in total. The molecule has 1 saturated carbocycles. The highest BCUT2D eigenvalue weighted by molar-refractivity contribution is 6.01. The highest BCUT2D eigenvalue weighted by atomic mass is 16.5. The Balaban J connectivity index is 1.23. The smallest absolute Gasteiger partial charge is 0.248 e. The number of rotatable bonds is 6. The van der Waals surface area contributed by atoms with Crippen LogP contribution in [0.1, 0.15) is 32.1 Å². The van der Waals surface area contributed by atoms with Crippen molar-refractivity contribution in [3.8, 4) is 6.07 Å². The Kier molecular flexibility index (Phi) is 5.68. The molecule has 0 unspecified atom stereocenters. The van der Waals surface area contributed by atoms with E-state index in [1.165, 1.54) is 0 Å². The van der Waals surface area contributed by atoms with E-state index in [0.29, 0.717) is 37.9 Å². The summed E-state index contributed by atoms with van der Waals surface area (Å²) >= 11 is 0. The van der Waals surface area contributed by atoms with Crippen molar-refractivity contribution in [1.82, 2.24) is 9.97 Å². The van der Waals surface area contributed by atoms with Crippen LogP contribution in [0.4, 0.5) is 23.1 Å². The van der Waals surface area contributed by atoms with Gasteiger partial charge in [0.1, 0.15) is 11.2 Å². The minimum atomic E-state index is -0.899. The molecule has 1 aromatic heterocycles. The van der Waals surface area contributed by atoms with Crippen LogP contribution < -0.4 is 15.5 Å². The molecule has 170 valence electrons. The van der Waals surface area contributed by atoms with Crippen molar-refractivity contribution < 1.29 is 14.3 Å². The van der Waals surface area contributed by atoms with Gasteiger partial charge in [-0.05, 0) is 68.4 Å². The maximum Gasteiger partial charge on any atom is 0.248 e. The monoisotopic (exact) mass is 446 g/mol. The topological polar surface area (TPSA) is 120 Å². The Morgan fingerprint density at radius 2 is 1.85 bits per heavy atom. The first-order valence-electron chi connectivity index (χ1n) is 11.4. The SMILES string of the molecule is N#C[C@@]1(C2CC2)CCN(c2ccnc(Nc3ccc(NC(=O)C4CCOCC4)cc3)n2)C1=O.